The first kappa shape index (κ1) is 31.9. The number of alkyl halides is 3. The van der Waals surface area contributed by atoms with Crippen molar-refractivity contribution in [3.8, 4) is 17.2 Å². The van der Waals surface area contributed by atoms with Crippen LogP contribution in [0.3, 0.4) is 0 Å². The Hall–Kier alpha value is -4.55. The Balaban J connectivity index is 1.64. The van der Waals surface area contributed by atoms with Crippen molar-refractivity contribution < 1.29 is 31.5 Å². The van der Waals surface area contributed by atoms with Crippen LogP contribution in [-0.2, 0) is 10.9 Å². The molecule has 0 unspecified atom stereocenters. The molecule has 10 nitrogen and oxygen atoms in total. The highest BCUT2D eigenvalue weighted by Crippen LogP contribution is 2.40. The van der Waals surface area contributed by atoms with Crippen LogP contribution < -0.4 is 20.7 Å². The van der Waals surface area contributed by atoms with Gasteiger partial charge < -0.3 is 24.8 Å². The lowest BCUT2D eigenvalue weighted by Gasteiger charge is -2.44. The monoisotopic (exact) mass is 631 g/mol. The summed E-state index contributed by atoms with van der Waals surface area (Å²) in [6.45, 7) is 6.15. The van der Waals surface area contributed by atoms with Gasteiger partial charge in [0.1, 0.15) is 23.4 Å². The number of H-pyrrole nitrogens is 1. The van der Waals surface area contributed by atoms with Gasteiger partial charge in [0.25, 0.3) is 5.91 Å². The molecule has 2 aliphatic heterocycles. The summed E-state index contributed by atoms with van der Waals surface area (Å²) in [6.07, 6.45) is -3.28. The number of nitriles is 1. The molecule has 45 heavy (non-hydrogen) atoms. The van der Waals surface area contributed by atoms with Gasteiger partial charge in [-0.2, -0.15) is 18.4 Å². The predicted molar refractivity (Wildman–Crippen MR) is 156 cm³/mol. The minimum atomic E-state index is -5.07. The van der Waals surface area contributed by atoms with E-state index in [0.717, 1.165) is 6.07 Å². The minimum Gasteiger partial charge on any atom is -0.378 e. The number of anilines is 3. The summed E-state index contributed by atoms with van der Waals surface area (Å²) in [5, 5.41) is 12.1. The molecular formula is C30H30F5N7O3. The summed E-state index contributed by atoms with van der Waals surface area (Å²) >= 11 is 0. The van der Waals surface area contributed by atoms with Crippen LogP contribution in [0, 0.1) is 23.0 Å². The molecule has 1 amide bonds. The van der Waals surface area contributed by atoms with Crippen molar-refractivity contribution in [2.75, 3.05) is 61.6 Å². The van der Waals surface area contributed by atoms with Crippen LogP contribution in [0.2, 0.25) is 0 Å². The highest BCUT2D eigenvalue weighted by Gasteiger charge is 2.37. The number of piperazine rings is 1. The normalized spacial score (nSPS) is 19.4. The summed E-state index contributed by atoms with van der Waals surface area (Å²) < 4.78 is 79.1. The van der Waals surface area contributed by atoms with Crippen LogP contribution in [0.1, 0.15) is 35.3 Å². The zero-order valence-electron chi connectivity index (χ0n) is 24.6. The number of benzene rings is 1. The maximum absolute atomic E-state index is 16.6. The molecule has 0 aliphatic carbocycles. The Labute approximate surface area is 255 Å². The average molecular weight is 632 g/mol. The number of hydrogen-bond acceptors (Lipinski definition) is 8. The summed E-state index contributed by atoms with van der Waals surface area (Å²) in [7, 11) is 1.90. The van der Waals surface area contributed by atoms with Gasteiger partial charge in [0.15, 0.2) is 5.82 Å². The van der Waals surface area contributed by atoms with Crippen molar-refractivity contribution in [1.82, 2.24) is 14.9 Å². The number of rotatable bonds is 5. The first-order valence-electron chi connectivity index (χ1n) is 14.1. The second-order valence-electron chi connectivity index (χ2n) is 11.1. The Bertz CT molecular complexity index is 1700. The van der Waals surface area contributed by atoms with E-state index < -0.39 is 51.7 Å². The average Bonchev–Trinajstić information content (AvgIpc) is 3.00. The number of nitrogens with one attached hydrogen (secondary N) is 2. The summed E-state index contributed by atoms with van der Waals surface area (Å²) in [5.74, 6) is -3.34. The van der Waals surface area contributed by atoms with Gasteiger partial charge in [0.05, 0.1) is 41.2 Å². The number of carbonyl (C=O) groups is 1. The van der Waals surface area contributed by atoms with E-state index in [1.807, 2.05) is 36.8 Å². The van der Waals surface area contributed by atoms with Gasteiger partial charge in [-0.25, -0.2) is 13.8 Å². The van der Waals surface area contributed by atoms with Crippen LogP contribution in [0.5, 0.6) is 0 Å². The molecule has 2 fully saturated rings. The van der Waals surface area contributed by atoms with Crippen LogP contribution in [0.15, 0.2) is 35.4 Å². The fourth-order valence-electron chi connectivity index (χ4n) is 5.62. The van der Waals surface area contributed by atoms with Gasteiger partial charge in [-0.15, -0.1) is 0 Å². The maximum atomic E-state index is 16.6. The predicted octanol–water partition coefficient (Wildman–Crippen LogP) is 4.22. The van der Waals surface area contributed by atoms with E-state index in [4.69, 9.17) is 4.74 Å². The van der Waals surface area contributed by atoms with E-state index in [0.29, 0.717) is 51.4 Å². The summed E-state index contributed by atoms with van der Waals surface area (Å²) in [4.78, 5) is 36.9. The fourth-order valence-corrected chi connectivity index (χ4v) is 5.62. The Morgan fingerprint density at radius 2 is 1.78 bits per heavy atom. The topological polar surface area (TPSA) is 118 Å². The van der Waals surface area contributed by atoms with E-state index in [1.165, 1.54) is 12.3 Å². The van der Waals surface area contributed by atoms with Crippen LogP contribution in [0.4, 0.5) is 39.1 Å². The number of ether oxygens (including phenoxy) is 1. The van der Waals surface area contributed by atoms with E-state index in [9.17, 15) is 28.0 Å². The maximum Gasteiger partial charge on any atom is 0.417 e. The number of aromatic amines is 1. The van der Waals surface area contributed by atoms with Gasteiger partial charge in [-0.1, -0.05) is 0 Å². The van der Waals surface area contributed by atoms with Gasteiger partial charge >= 0.3 is 6.18 Å². The number of nitrogens with zero attached hydrogens (tertiary/aromatic N) is 5. The van der Waals surface area contributed by atoms with Crippen molar-refractivity contribution in [3.63, 3.8) is 0 Å². The molecule has 0 saturated carbocycles. The van der Waals surface area contributed by atoms with Crippen molar-refractivity contribution in [2.45, 2.75) is 32.1 Å². The lowest BCUT2D eigenvalue weighted by molar-refractivity contribution is -0.138. The first-order valence-corrected chi connectivity index (χ1v) is 14.1. The molecule has 2 atom stereocenters. The molecule has 2 aliphatic rings. The number of halogens is 5. The van der Waals surface area contributed by atoms with Crippen molar-refractivity contribution in [1.29, 1.82) is 5.26 Å². The van der Waals surface area contributed by atoms with Gasteiger partial charge in [0.2, 0.25) is 5.56 Å². The zero-order valence-corrected chi connectivity index (χ0v) is 24.6. The van der Waals surface area contributed by atoms with Crippen LogP contribution >= 0.6 is 0 Å². The molecule has 5 rings (SSSR count). The number of aromatic nitrogens is 2. The highest BCUT2D eigenvalue weighted by molar-refractivity contribution is 6.07. The molecule has 2 N–H and O–H groups in total. The third-order valence-corrected chi connectivity index (χ3v) is 8.20. The smallest absolute Gasteiger partial charge is 0.378 e. The lowest BCUT2D eigenvalue weighted by atomic mass is 10.00. The Morgan fingerprint density at radius 3 is 2.40 bits per heavy atom. The summed E-state index contributed by atoms with van der Waals surface area (Å²) in [6, 6.07) is 4.37. The Kier molecular flexibility index (Phi) is 8.81. The highest BCUT2D eigenvalue weighted by atomic mass is 19.4. The number of pyridine rings is 2. The van der Waals surface area contributed by atoms with Gasteiger partial charge in [0, 0.05) is 68.4 Å². The molecule has 0 bridgehead atoms. The van der Waals surface area contributed by atoms with Crippen molar-refractivity contribution >= 4 is 23.1 Å². The quantitative estimate of drug-likeness (QED) is 0.402. The van der Waals surface area contributed by atoms with Crippen molar-refractivity contribution in [2.24, 2.45) is 0 Å². The third-order valence-electron chi connectivity index (χ3n) is 8.20. The molecule has 3 aromatic rings. The number of hydrogen-bond donors (Lipinski definition) is 2. The second kappa shape index (κ2) is 12.4. The standard InChI is InChI=1S/C30H30F5N7O3/c1-16-14-42(15-17(2)40(16)3)23-10-22(31)25(19-8-18(11-36)28(38-12-19)41-4-6-45-7-5-41)26(32)27(23)39-29(44)20-13-37-24(43)9-21(20)30(33,34)35/h8-10,12-13,16-17H,4-7,14-15H2,1-3H3,(H,37,43)(H,39,44)/t16-,17+. The lowest BCUT2D eigenvalue weighted by Crippen LogP contribution is -2.55. The van der Waals surface area contributed by atoms with Gasteiger partial charge in [-0.05, 0) is 27.0 Å². The zero-order chi connectivity index (χ0) is 32.6. The molecule has 15 heteroatoms. The van der Waals surface area contributed by atoms with E-state index in [2.05, 4.69) is 15.2 Å². The molecule has 2 aromatic heterocycles. The molecular weight excluding hydrogens is 601 g/mol. The van der Waals surface area contributed by atoms with E-state index >= 15 is 8.78 Å². The van der Waals surface area contributed by atoms with E-state index in [-0.39, 0.29) is 35.0 Å². The SMILES string of the molecule is C[C@@H]1CN(c2cc(F)c(-c3cnc(N4CCOCC4)c(C#N)c3)c(F)c2NC(=O)c2c[nH]c(=O)cc2C(F)(F)F)C[C@H](C)N1C. The molecule has 0 radical (unpaired) electrons. The number of carbonyl (C=O) groups excluding carboxylic acids is 1. The fraction of sp³-hybridized carbons (Fsp3) is 0.400. The molecule has 0 spiro atoms. The van der Waals surface area contributed by atoms with Crippen LogP contribution in [0.25, 0.3) is 11.1 Å². The Morgan fingerprint density at radius 1 is 1.11 bits per heavy atom. The number of morpholine rings is 1. The number of likely N-dealkylation sites (N-methyl/N-ethyl adjacent to an activating group) is 1. The summed E-state index contributed by atoms with van der Waals surface area (Å²) in [5.41, 5.74) is -4.89. The van der Waals surface area contributed by atoms with Gasteiger partial charge in [-0.3, -0.25) is 14.5 Å². The first-order chi connectivity index (χ1) is 21.3. The minimum absolute atomic E-state index is 0.0487. The largest absolute Gasteiger partial charge is 0.417 e. The van der Waals surface area contributed by atoms with E-state index in [1.54, 1.807) is 4.90 Å². The number of amides is 1. The second-order valence-corrected chi connectivity index (χ2v) is 11.1. The molecule has 4 heterocycles. The molecule has 238 valence electrons. The van der Waals surface area contributed by atoms with Crippen LogP contribution in [-0.4, -0.2) is 79.3 Å². The van der Waals surface area contributed by atoms with Crippen molar-refractivity contribution in [3.05, 3.63) is 69.3 Å². The molecule has 1 aromatic carbocycles. The third kappa shape index (κ3) is 6.34. The molecule has 2 saturated heterocycles.